The number of rotatable bonds is 4. The lowest BCUT2D eigenvalue weighted by Crippen LogP contribution is -2.33. The number of carbonyl (C=O) groups excluding carboxylic acids is 1. The maximum Gasteiger partial charge on any atom is 0.308 e. The van der Waals surface area contributed by atoms with Crippen LogP contribution in [0.15, 0.2) is 24.3 Å². The molecule has 6 nitrogen and oxygen atoms in total. The van der Waals surface area contributed by atoms with Gasteiger partial charge in [0, 0.05) is 13.1 Å². The van der Waals surface area contributed by atoms with Gasteiger partial charge in [0.15, 0.2) is 18.1 Å². The van der Waals surface area contributed by atoms with Crippen molar-refractivity contribution in [1.82, 2.24) is 4.90 Å². The van der Waals surface area contributed by atoms with Crippen LogP contribution in [-0.2, 0) is 9.59 Å². The largest absolute Gasteiger partial charge is 0.504 e. The number of carboxylic acids is 1. The van der Waals surface area contributed by atoms with E-state index in [1.165, 1.54) is 11.0 Å². The van der Waals surface area contributed by atoms with Gasteiger partial charge in [-0.1, -0.05) is 19.1 Å². The molecule has 1 heterocycles. The highest BCUT2D eigenvalue weighted by atomic mass is 16.5. The number of carboxylic acid groups (broad SMARTS) is 1. The van der Waals surface area contributed by atoms with Crippen molar-refractivity contribution < 1.29 is 24.5 Å². The molecule has 0 spiro atoms. The molecule has 0 aliphatic carbocycles. The molecule has 1 saturated heterocycles. The van der Waals surface area contributed by atoms with Crippen molar-refractivity contribution >= 4 is 11.9 Å². The van der Waals surface area contributed by atoms with Crippen molar-refractivity contribution in [3.8, 4) is 11.5 Å². The molecule has 1 fully saturated rings. The first-order chi connectivity index (χ1) is 9.49. The Labute approximate surface area is 116 Å². The van der Waals surface area contributed by atoms with E-state index in [1.807, 2.05) is 6.92 Å². The van der Waals surface area contributed by atoms with Crippen molar-refractivity contribution in [2.75, 3.05) is 19.7 Å². The molecular formula is C14H17NO5. The monoisotopic (exact) mass is 279 g/mol. The van der Waals surface area contributed by atoms with Gasteiger partial charge in [-0.2, -0.15) is 0 Å². The van der Waals surface area contributed by atoms with Crippen LogP contribution in [-0.4, -0.2) is 46.7 Å². The molecule has 0 radical (unpaired) electrons. The summed E-state index contributed by atoms with van der Waals surface area (Å²) in [6.07, 6.45) is 0. The molecule has 0 saturated carbocycles. The van der Waals surface area contributed by atoms with Crippen molar-refractivity contribution in [2.24, 2.45) is 11.8 Å². The number of amides is 1. The number of ether oxygens (including phenoxy) is 1. The zero-order chi connectivity index (χ0) is 14.7. The van der Waals surface area contributed by atoms with Gasteiger partial charge in [0.2, 0.25) is 0 Å². The summed E-state index contributed by atoms with van der Waals surface area (Å²) in [4.78, 5) is 24.5. The molecule has 0 aromatic heterocycles. The fourth-order valence-corrected chi connectivity index (χ4v) is 2.30. The van der Waals surface area contributed by atoms with Gasteiger partial charge in [0.25, 0.3) is 5.91 Å². The Kier molecular flexibility index (Phi) is 4.12. The molecule has 2 rings (SSSR count). The van der Waals surface area contributed by atoms with Crippen molar-refractivity contribution in [3.05, 3.63) is 24.3 Å². The SMILES string of the molecule is CC1CN(C(=O)COc2ccccc2O)CC1C(=O)O. The highest BCUT2D eigenvalue weighted by Gasteiger charge is 2.36. The first-order valence-electron chi connectivity index (χ1n) is 6.40. The third-order valence-electron chi connectivity index (χ3n) is 3.50. The fraction of sp³-hybridized carbons (Fsp3) is 0.429. The standard InChI is InChI=1S/C14H17NO5/c1-9-6-15(7-10(9)14(18)19)13(17)8-20-12-5-3-2-4-11(12)16/h2-5,9-10,16H,6-8H2,1H3,(H,18,19). The second-order valence-corrected chi connectivity index (χ2v) is 4.98. The van der Waals surface area contributed by atoms with Gasteiger partial charge in [-0.25, -0.2) is 0 Å². The van der Waals surface area contributed by atoms with Gasteiger partial charge in [-0.05, 0) is 18.1 Å². The third-order valence-corrected chi connectivity index (χ3v) is 3.50. The Bertz CT molecular complexity index is 516. The average Bonchev–Trinajstić information content (AvgIpc) is 2.80. The van der Waals surface area contributed by atoms with E-state index in [1.54, 1.807) is 18.2 Å². The summed E-state index contributed by atoms with van der Waals surface area (Å²) in [6, 6.07) is 6.38. The van der Waals surface area contributed by atoms with E-state index in [-0.39, 0.29) is 36.5 Å². The van der Waals surface area contributed by atoms with Crippen LogP contribution in [0.3, 0.4) is 0 Å². The molecule has 0 bridgehead atoms. The number of hydrogen-bond acceptors (Lipinski definition) is 4. The highest BCUT2D eigenvalue weighted by Crippen LogP contribution is 2.26. The first-order valence-corrected chi connectivity index (χ1v) is 6.40. The Hall–Kier alpha value is -2.24. The minimum absolute atomic E-state index is 0.0292. The van der Waals surface area contributed by atoms with E-state index in [4.69, 9.17) is 9.84 Å². The summed E-state index contributed by atoms with van der Waals surface area (Å²) in [7, 11) is 0. The Morgan fingerprint density at radius 3 is 2.65 bits per heavy atom. The summed E-state index contributed by atoms with van der Waals surface area (Å²) in [5.74, 6) is -1.54. The van der Waals surface area contributed by atoms with Gasteiger partial charge < -0.3 is 19.8 Å². The Morgan fingerprint density at radius 1 is 1.35 bits per heavy atom. The van der Waals surface area contributed by atoms with Crippen LogP contribution in [0.5, 0.6) is 11.5 Å². The quantitative estimate of drug-likeness (QED) is 0.857. The van der Waals surface area contributed by atoms with Crippen molar-refractivity contribution in [1.29, 1.82) is 0 Å². The third kappa shape index (κ3) is 3.01. The second-order valence-electron chi connectivity index (χ2n) is 4.98. The van der Waals surface area contributed by atoms with E-state index < -0.39 is 11.9 Å². The van der Waals surface area contributed by atoms with Crippen molar-refractivity contribution in [3.63, 3.8) is 0 Å². The molecule has 6 heteroatoms. The van der Waals surface area contributed by atoms with Crippen LogP contribution in [0.1, 0.15) is 6.92 Å². The second kappa shape index (κ2) is 5.81. The van der Waals surface area contributed by atoms with Crippen LogP contribution in [0.25, 0.3) is 0 Å². The lowest BCUT2D eigenvalue weighted by atomic mass is 9.99. The summed E-state index contributed by atoms with van der Waals surface area (Å²) < 4.78 is 5.25. The number of nitrogens with zero attached hydrogens (tertiary/aromatic N) is 1. The molecule has 1 aliphatic heterocycles. The lowest BCUT2D eigenvalue weighted by molar-refractivity contribution is -0.142. The smallest absolute Gasteiger partial charge is 0.308 e. The minimum atomic E-state index is -0.880. The predicted molar refractivity (Wildman–Crippen MR) is 70.5 cm³/mol. The first kappa shape index (κ1) is 14.2. The minimum Gasteiger partial charge on any atom is -0.504 e. The van der Waals surface area contributed by atoms with Crippen LogP contribution < -0.4 is 4.74 Å². The average molecular weight is 279 g/mol. The molecule has 2 N–H and O–H groups in total. The zero-order valence-electron chi connectivity index (χ0n) is 11.2. The van der Waals surface area contributed by atoms with E-state index >= 15 is 0 Å². The fourth-order valence-electron chi connectivity index (χ4n) is 2.30. The van der Waals surface area contributed by atoms with E-state index in [0.29, 0.717) is 6.54 Å². The molecule has 1 amide bonds. The number of aromatic hydroxyl groups is 1. The van der Waals surface area contributed by atoms with Crippen LogP contribution in [0, 0.1) is 11.8 Å². The van der Waals surface area contributed by atoms with Gasteiger partial charge in [0.05, 0.1) is 5.92 Å². The normalized spacial score (nSPS) is 21.8. The lowest BCUT2D eigenvalue weighted by Gasteiger charge is -2.16. The number of benzene rings is 1. The Morgan fingerprint density at radius 2 is 2.05 bits per heavy atom. The van der Waals surface area contributed by atoms with E-state index in [2.05, 4.69) is 0 Å². The van der Waals surface area contributed by atoms with Crippen LogP contribution in [0.4, 0.5) is 0 Å². The topological polar surface area (TPSA) is 87.1 Å². The molecule has 1 aromatic rings. The molecule has 108 valence electrons. The number of para-hydroxylation sites is 2. The Balaban J connectivity index is 1.90. The van der Waals surface area contributed by atoms with Crippen LogP contribution >= 0.6 is 0 Å². The molecule has 2 unspecified atom stereocenters. The summed E-state index contributed by atoms with van der Waals surface area (Å²) in [5, 5.41) is 18.5. The van der Waals surface area contributed by atoms with Gasteiger partial charge >= 0.3 is 5.97 Å². The number of carbonyl (C=O) groups is 2. The molecule has 20 heavy (non-hydrogen) atoms. The maximum atomic E-state index is 12.0. The number of aliphatic carboxylic acids is 1. The predicted octanol–water partition coefficient (Wildman–Crippen LogP) is 0.950. The van der Waals surface area contributed by atoms with Gasteiger partial charge in [-0.15, -0.1) is 0 Å². The zero-order valence-corrected chi connectivity index (χ0v) is 11.2. The molecule has 1 aliphatic rings. The summed E-state index contributed by atoms with van der Waals surface area (Å²) >= 11 is 0. The van der Waals surface area contributed by atoms with Gasteiger partial charge in [-0.3, -0.25) is 9.59 Å². The van der Waals surface area contributed by atoms with Crippen molar-refractivity contribution in [2.45, 2.75) is 6.92 Å². The number of likely N-dealkylation sites (tertiary alicyclic amines) is 1. The number of hydrogen-bond donors (Lipinski definition) is 2. The molecule has 2 atom stereocenters. The number of phenols is 1. The molecule has 1 aromatic carbocycles. The number of phenolic OH excluding ortho intramolecular Hbond substituents is 1. The summed E-state index contributed by atoms with van der Waals surface area (Å²) in [6.45, 7) is 2.23. The van der Waals surface area contributed by atoms with E-state index in [0.717, 1.165) is 0 Å². The summed E-state index contributed by atoms with van der Waals surface area (Å²) in [5.41, 5.74) is 0. The van der Waals surface area contributed by atoms with Crippen LogP contribution in [0.2, 0.25) is 0 Å². The maximum absolute atomic E-state index is 12.0. The highest BCUT2D eigenvalue weighted by molar-refractivity contribution is 5.80. The van der Waals surface area contributed by atoms with E-state index in [9.17, 15) is 14.7 Å². The van der Waals surface area contributed by atoms with Gasteiger partial charge in [0.1, 0.15) is 0 Å². The molecular weight excluding hydrogens is 262 g/mol.